The average Bonchev–Trinajstić information content (AvgIpc) is 3.16. The predicted octanol–water partition coefficient (Wildman–Crippen LogP) is 4.64. The highest BCUT2D eigenvalue weighted by molar-refractivity contribution is 7.21. The third kappa shape index (κ3) is 4.11. The summed E-state index contributed by atoms with van der Waals surface area (Å²) in [5.41, 5.74) is 1.39. The van der Waals surface area contributed by atoms with Crippen LogP contribution in [0.15, 0.2) is 60.9 Å². The number of benzene rings is 2. The lowest BCUT2D eigenvalue weighted by atomic mass is 10.3. The molecule has 6 nitrogen and oxygen atoms in total. The van der Waals surface area contributed by atoms with E-state index in [1.54, 1.807) is 24.3 Å². The molecule has 0 aliphatic heterocycles. The highest BCUT2D eigenvalue weighted by Crippen LogP contribution is 2.30. The fourth-order valence-electron chi connectivity index (χ4n) is 2.51. The largest absolute Gasteiger partial charge is 0.490 e. The summed E-state index contributed by atoms with van der Waals surface area (Å²) in [5, 5.41) is 1.25. The van der Waals surface area contributed by atoms with Crippen LogP contribution in [-0.4, -0.2) is 34.1 Å². The molecule has 2 heterocycles. The number of carbonyl (C=O) groups is 1. The van der Waals surface area contributed by atoms with Gasteiger partial charge in [0.25, 0.3) is 0 Å². The Kier molecular flexibility index (Phi) is 5.45. The van der Waals surface area contributed by atoms with Gasteiger partial charge in [0.2, 0.25) is 0 Å². The first-order valence-electron chi connectivity index (χ1n) is 8.43. The van der Waals surface area contributed by atoms with E-state index in [-0.39, 0.29) is 18.9 Å². The number of rotatable bonds is 6. The highest BCUT2D eigenvalue weighted by atomic mass is 35.5. The molecule has 2 aromatic heterocycles. The number of nitrogens with zero attached hydrogens (tertiary/aromatic N) is 3. The maximum atomic E-state index is 12.5. The summed E-state index contributed by atoms with van der Waals surface area (Å²) in [6.45, 7) is 0.293. The van der Waals surface area contributed by atoms with Crippen LogP contribution in [0.5, 0.6) is 5.75 Å². The smallest absolute Gasteiger partial charge is 0.359 e. The summed E-state index contributed by atoms with van der Waals surface area (Å²) in [4.78, 5) is 25.5. The van der Waals surface area contributed by atoms with Gasteiger partial charge in [-0.05, 0) is 36.4 Å². The molecule has 2 aromatic carbocycles. The molecule has 0 amide bonds. The van der Waals surface area contributed by atoms with Crippen molar-refractivity contribution < 1.29 is 14.3 Å². The normalized spacial score (nSPS) is 10.8. The molecule has 4 aromatic rings. The number of esters is 1. The number of ether oxygens (including phenoxy) is 2. The maximum Gasteiger partial charge on any atom is 0.359 e. The Morgan fingerprint density at radius 3 is 2.61 bits per heavy atom. The van der Waals surface area contributed by atoms with Crippen LogP contribution < -0.4 is 4.74 Å². The molecule has 0 atom stereocenters. The zero-order valence-electron chi connectivity index (χ0n) is 14.5. The van der Waals surface area contributed by atoms with Crippen LogP contribution in [0.3, 0.4) is 0 Å². The highest BCUT2D eigenvalue weighted by Gasteiger charge is 2.20. The van der Waals surface area contributed by atoms with Gasteiger partial charge in [-0.2, -0.15) is 0 Å². The van der Waals surface area contributed by atoms with Gasteiger partial charge in [-0.25, -0.2) is 19.7 Å². The molecule has 0 bridgehead atoms. The molecule has 4 rings (SSSR count). The zero-order valence-corrected chi connectivity index (χ0v) is 16.1. The van der Waals surface area contributed by atoms with Crippen molar-refractivity contribution in [3.05, 3.63) is 71.6 Å². The molecule has 0 spiro atoms. The minimum Gasteiger partial charge on any atom is -0.490 e. The van der Waals surface area contributed by atoms with Crippen LogP contribution >= 0.6 is 22.9 Å². The second-order valence-electron chi connectivity index (χ2n) is 5.68. The Morgan fingerprint density at radius 2 is 1.79 bits per heavy atom. The second kappa shape index (κ2) is 8.33. The van der Waals surface area contributed by atoms with E-state index in [2.05, 4.69) is 15.0 Å². The maximum absolute atomic E-state index is 12.5. The van der Waals surface area contributed by atoms with Crippen LogP contribution in [0.2, 0.25) is 5.02 Å². The van der Waals surface area contributed by atoms with E-state index in [0.717, 1.165) is 10.2 Å². The second-order valence-corrected chi connectivity index (χ2v) is 7.15. The number of para-hydroxylation sites is 1. The molecule has 0 unspecified atom stereocenters. The molecule has 0 saturated carbocycles. The van der Waals surface area contributed by atoms with Gasteiger partial charge in [0.05, 0.1) is 10.2 Å². The lowest BCUT2D eigenvalue weighted by Gasteiger charge is -2.08. The molecule has 0 fully saturated rings. The molecule has 0 saturated heterocycles. The SMILES string of the molecule is O=C(OCCOc1ccc(Cl)cc1)c1nccnc1-c1nc2ccccc2s1. The van der Waals surface area contributed by atoms with Gasteiger partial charge in [0.1, 0.15) is 29.7 Å². The third-order valence-electron chi connectivity index (χ3n) is 3.79. The van der Waals surface area contributed by atoms with Crippen molar-refractivity contribution in [2.45, 2.75) is 0 Å². The van der Waals surface area contributed by atoms with Crippen LogP contribution in [0.1, 0.15) is 10.5 Å². The molecule has 0 radical (unpaired) electrons. The van der Waals surface area contributed by atoms with Gasteiger partial charge in [-0.1, -0.05) is 23.7 Å². The Labute approximate surface area is 169 Å². The van der Waals surface area contributed by atoms with Gasteiger partial charge in [0.15, 0.2) is 5.69 Å². The zero-order chi connectivity index (χ0) is 19.3. The fraction of sp³-hybridized carbons (Fsp3) is 0.100. The number of aromatic nitrogens is 3. The molecule has 0 aliphatic carbocycles. The average molecular weight is 412 g/mol. The standard InChI is InChI=1S/C20H14ClN3O3S/c21-13-5-7-14(8-6-13)26-11-12-27-20(25)18-17(22-9-10-23-18)19-24-15-3-1-2-4-16(15)28-19/h1-10H,11-12H2. The Morgan fingerprint density at radius 1 is 1.00 bits per heavy atom. The van der Waals surface area contributed by atoms with E-state index in [4.69, 9.17) is 21.1 Å². The van der Waals surface area contributed by atoms with Crippen molar-refractivity contribution in [2.75, 3.05) is 13.2 Å². The van der Waals surface area contributed by atoms with E-state index in [0.29, 0.717) is 21.5 Å². The molecular weight excluding hydrogens is 398 g/mol. The van der Waals surface area contributed by atoms with Gasteiger partial charge in [-0.3, -0.25) is 0 Å². The first-order chi connectivity index (χ1) is 13.7. The van der Waals surface area contributed by atoms with Crippen molar-refractivity contribution in [1.29, 1.82) is 0 Å². The molecule has 0 N–H and O–H groups in total. The predicted molar refractivity (Wildman–Crippen MR) is 108 cm³/mol. The van der Waals surface area contributed by atoms with Gasteiger partial charge < -0.3 is 9.47 Å². The van der Waals surface area contributed by atoms with Crippen molar-refractivity contribution in [1.82, 2.24) is 15.0 Å². The molecule has 28 heavy (non-hydrogen) atoms. The molecule has 8 heteroatoms. The minimum atomic E-state index is -0.568. The number of carbonyl (C=O) groups excluding carboxylic acids is 1. The first-order valence-corrected chi connectivity index (χ1v) is 9.62. The summed E-state index contributed by atoms with van der Waals surface area (Å²) < 4.78 is 11.8. The van der Waals surface area contributed by atoms with Crippen molar-refractivity contribution in [3.63, 3.8) is 0 Å². The summed E-state index contributed by atoms with van der Waals surface area (Å²) in [5.74, 6) is 0.0807. The van der Waals surface area contributed by atoms with E-state index in [1.165, 1.54) is 23.7 Å². The quantitative estimate of drug-likeness (QED) is 0.340. The Hall–Kier alpha value is -3.03. The van der Waals surface area contributed by atoms with Crippen molar-refractivity contribution >= 4 is 39.1 Å². The summed E-state index contributed by atoms with van der Waals surface area (Å²) in [6.07, 6.45) is 2.99. The third-order valence-corrected chi connectivity index (χ3v) is 5.08. The molecule has 140 valence electrons. The van der Waals surface area contributed by atoms with Crippen molar-refractivity contribution in [3.8, 4) is 16.5 Å². The molecule has 0 aliphatic rings. The van der Waals surface area contributed by atoms with Crippen LogP contribution in [0.25, 0.3) is 20.9 Å². The number of hydrogen-bond donors (Lipinski definition) is 0. The topological polar surface area (TPSA) is 74.2 Å². The van der Waals surface area contributed by atoms with Crippen LogP contribution in [-0.2, 0) is 4.74 Å². The van der Waals surface area contributed by atoms with E-state index in [9.17, 15) is 4.79 Å². The lowest BCUT2D eigenvalue weighted by molar-refractivity contribution is 0.0444. The van der Waals surface area contributed by atoms with Gasteiger partial charge >= 0.3 is 5.97 Å². The fourth-order valence-corrected chi connectivity index (χ4v) is 3.60. The van der Waals surface area contributed by atoms with E-state index in [1.807, 2.05) is 24.3 Å². The van der Waals surface area contributed by atoms with Gasteiger partial charge in [-0.15, -0.1) is 11.3 Å². The monoisotopic (exact) mass is 411 g/mol. The Balaban J connectivity index is 1.44. The van der Waals surface area contributed by atoms with Gasteiger partial charge in [0, 0.05) is 17.4 Å². The van der Waals surface area contributed by atoms with Crippen molar-refractivity contribution in [2.24, 2.45) is 0 Å². The lowest BCUT2D eigenvalue weighted by Crippen LogP contribution is -2.15. The number of hydrogen-bond acceptors (Lipinski definition) is 7. The molecular formula is C20H14ClN3O3S. The summed E-state index contributed by atoms with van der Waals surface area (Å²) >= 11 is 7.28. The van der Waals surface area contributed by atoms with Crippen LogP contribution in [0, 0.1) is 0 Å². The first kappa shape index (κ1) is 18.3. The number of thiazole rings is 1. The number of halogens is 1. The number of fused-ring (bicyclic) bond motifs is 1. The summed E-state index contributed by atoms with van der Waals surface area (Å²) in [6, 6.07) is 14.7. The van der Waals surface area contributed by atoms with Crippen LogP contribution in [0.4, 0.5) is 0 Å². The Bertz CT molecular complexity index is 1080. The van der Waals surface area contributed by atoms with E-state index >= 15 is 0 Å². The summed E-state index contributed by atoms with van der Waals surface area (Å²) in [7, 11) is 0. The minimum absolute atomic E-state index is 0.0807. The van der Waals surface area contributed by atoms with E-state index < -0.39 is 5.97 Å².